The summed E-state index contributed by atoms with van der Waals surface area (Å²) in [5, 5.41) is 0. The Morgan fingerprint density at radius 3 is 2.58 bits per heavy atom. The molecule has 3 N–H and O–H groups in total. The van der Waals surface area contributed by atoms with Gasteiger partial charge in [-0.3, -0.25) is 11.3 Å². The van der Waals surface area contributed by atoms with Crippen LogP contribution in [-0.2, 0) is 4.74 Å². The van der Waals surface area contributed by atoms with Crippen LogP contribution in [0.2, 0.25) is 0 Å². The molecule has 5 heteroatoms. The van der Waals surface area contributed by atoms with E-state index in [0.717, 1.165) is 24.3 Å². The average molecular weight is 266 g/mol. The highest BCUT2D eigenvalue weighted by molar-refractivity contribution is 5.44. The van der Waals surface area contributed by atoms with Crippen LogP contribution in [0.25, 0.3) is 0 Å². The molecule has 1 saturated heterocycles. The van der Waals surface area contributed by atoms with Gasteiger partial charge in [-0.05, 0) is 31.0 Å². The van der Waals surface area contributed by atoms with E-state index in [0.29, 0.717) is 17.8 Å². The van der Waals surface area contributed by atoms with Crippen molar-refractivity contribution >= 4 is 0 Å². The van der Waals surface area contributed by atoms with Crippen LogP contribution in [0.15, 0.2) is 18.2 Å². The molecule has 1 fully saturated rings. The van der Waals surface area contributed by atoms with Crippen LogP contribution in [0, 0.1) is 5.92 Å². The molecular weight excluding hydrogens is 244 g/mol. The average Bonchev–Trinajstić information content (AvgIpc) is 2.86. The lowest BCUT2D eigenvalue weighted by Gasteiger charge is -2.23. The summed E-state index contributed by atoms with van der Waals surface area (Å²) in [5.41, 5.74) is 3.98. The van der Waals surface area contributed by atoms with Crippen LogP contribution in [-0.4, -0.2) is 26.9 Å². The number of ether oxygens (including phenoxy) is 3. The third-order valence-corrected chi connectivity index (χ3v) is 3.65. The molecule has 0 saturated carbocycles. The first-order valence-electron chi connectivity index (χ1n) is 6.49. The van der Waals surface area contributed by atoms with Crippen molar-refractivity contribution in [2.75, 3.05) is 20.8 Å². The van der Waals surface area contributed by atoms with E-state index in [1.807, 2.05) is 18.2 Å². The quantitative estimate of drug-likeness (QED) is 0.626. The first-order valence-corrected chi connectivity index (χ1v) is 6.49. The predicted molar refractivity (Wildman–Crippen MR) is 73.1 cm³/mol. The van der Waals surface area contributed by atoms with Gasteiger partial charge in [0.15, 0.2) is 11.5 Å². The molecule has 0 spiro atoms. The van der Waals surface area contributed by atoms with Crippen molar-refractivity contribution < 1.29 is 14.2 Å². The van der Waals surface area contributed by atoms with Crippen LogP contribution in [0.4, 0.5) is 0 Å². The number of methoxy groups -OCH3 is 2. The van der Waals surface area contributed by atoms with Crippen LogP contribution in [0.5, 0.6) is 11.5 Å². The van der Waals surface area contributed by atoms with Gasteiger partial charge in [0.1, 0.15) is 0 Å². The van der Waals surface area contributed by atoms with E-state index in [1.165, 1.54) is 0 Å². The van der Waals surface area contributed by atoms with E-state index in [4.69, 9.17) is 20.1 Å². The minimum absolute atomic E-state index is 0.0600. The Morgan fingerprint density at radius 2 is 2.05 bits per heavy atom. The lowest BCUT2D eigenvalue weighted by molar-refractivity contribution is 0.117. The van der Waals surface area contributed by atoms with Crippen LogP contribution in [0.3, 0.4) is 0 Å². The second-order valence-electron chi connectivity index (χ2n) is 4.90. The molecular formula is C14H22N2O3. The van der Waals surface area contributed by atoms with Gasteiger partial charge in [0, 0.05) is 5.92 Å². The molecule has 0 radical (unpaired) electrons. The molecule has 2 rings (SSSR count). The number of hydrazine groups is 1. The normalized spacial score (nSPS) is 24.2. The van der Waals surface area contributed by atoms with Crippen LogP contribution < -0.4 is 20.7 Å². The number of benzene rings is 1. The Balaban J connectivity index is 2.23. The van der Waals surface area contributed by atoms with Gasteiger partial charge < -0.3 is 14.2 Å². The molecule has 0 aliphatic carbocycles. The zero-order valence-electron chi connectivity index (χ0n) is 11.7. The molecule has 1 aromatic rings. The highest BCUT2D eigenvalue weighted by Gasteiger charge is 2.30. The molecule has 1 aromatic carbocycles. The smallest absolute Gasteiger partial charge is 0.161 e. The number of hydrogen-bond acceptors (Lipinski definition) is 5. The van der Waals surface area contributed by atoms with Gasteiger partial charge >= 0.3 is 0 Å². The first-order chi connectivity index (χ1) is 9.19. The molecule has 3 unspecified atom stereocenters. The van der Waals surface area contributed by atoms with Crippen LogP contribution in [0.1, 0.15) is 24.9 Å². The van der Waals surface area contributed by atoms with Gasteiger partial charge in [0.2, 0.25) is 0 Å². The molecule has 19 heavy (non-hydrogen) atoms. The Kier molecular flexibility index (Phi) is 4.63. The summed E-state index contributed by atoms with van der Waals surface area (Å²) in [6, 6.07) is 5.93. The van der Waals surface area contributed by atoms with Crippen molar-refractivity contribution in [3.8, 4) is 11.5 Å². The van der Waals surface area contributed by atoms with Gasteiger partial charge in [0.05, 0.1) is 33.0 Å². The zero-order valence-corrected chi connectivity index (χ0v) is 11.7. The third kappa shape index (κ3) is 3.00. The number of nitrogens with two attached hydrogens (primary N) is 1. The molecule has 0 amide bonds. The van der Waals surface area contributed by atoms with E-state index >= 15 is 0 Å². The summed E-state index contributed by atoms with van der Waals surface area (Å²) >= 11 is 0. The van der Waals surface area contributed by atoms with Crippen LogP contribution >= 0.6 is 0 Å². The third-order valence-electron chi connectivity index (χ3n) is 3.65. The van der Waals surface area contributed by atoms with E-state index in [-0.39, 0.29) is 6.04 Å². The lowest BCUT2D eigenvalue weighted by atomic mass is 9.91. The summed E-state index contributed by atoms with van der Waals surface area (Å²) in [4.78, 5) is 0. The van der Waals surface area contributed by atoms with Gasteiger partial charge in [0.25, 0.3) is 0 Å². The van der Waals surface area contributed by atoms with E-state index in [2.05, 4.69) is 12.3 Å². The Bertz CT molecular complexity index is 425. The number of nitrogens with one attached hydrogen (secondary N) is 1. The van der Waals surface area contributed by atoms with Crippen molar-refractivity contribution in [3.63, 3.8) is 0 Å². The minimum Gasteiger partial charge on any atom is -0.493 e. The standard InChI is InChI=1S/C14H22N2O3/c1-9-6-11(8-19-9)14(16-15)10-4-5-12(17-2)13(7-10)18-3/h4-5,7,9,11,14,16H,6,8,15H2,1-3H3. The summed E-state index contributed by atoms with van der Waals surface area (Å²) in [7, 11) is 3.26. The zero-order chi connectivity index (χ0) is 13.8. The minimum atomic E-state index is 0.0600. The van der Waals surface area contributed by atoms with E-state index in [1.54, 1.807) is 14.2 Å². The Morgan fingerprint density at radius 1 is 1.32 bits per heavy atom. The topological polar surface area (TPSA) is 65.7 Å². The lowest BCUT2D eigenvalue weighted by Crippen LogP contribution is -2.34. The highest BCUT2D eigenvalue weighted by atomic mass is 16.5. The molecule has 3 atom stereocenters. The maximum absolute atomic E-state index is 5.71. The molecule has 1 aliphatic rings. The maximum atomic E-state index is 5.71. The second-order valence-corrected chi connectivity index (χ2v) is 4.90. The van der Waals surface area contributed by atoms with E-state index in [9.17, 15) is 0 Å². The maximum Gasteiger partial charge on any atom is 0.161 e. The summed E-state index contributed by atoms with van der Waals surface area (Å²) in [6.45, 7) is 2.81. The van der Waals surface area contributed by atoms with Crippen molar-refractivity contribution in [1.82, 2.24) is 5.43 Å². The fourth-order valence-corrected chi connectivity index (χ4v) is 2.63. The Labute approximate surface area is 114 Å². The molecule has 0 bridgehead atoms. The molecule has 1 aliphatic heterocycles. The molecule has 0 aromatic heterocycles. The highest BCUT2D eigenvalue weighted by Crippen LogP contribution is 2.35. The van der Waals surface area contributed by atoms with Gasteiger partial charge in [-0.2, -0.15) is 0 Å². The number of hydrogen-bond donors (Lipinski definition) is 2. The fraction of sp³-hybridized carbons (Fsp3) is 0.571. The fourth-order valence-electron chi connectivity index (χ4n) is 2.63. The van der Waals surface area contributed by atoms with Crippen molar-refractivity contribution in [2.45, 2.75) is 25.5 Å². The van der Waals surface area contributed by atoms with Gasteiger partial charge in [-0.15, -0.1) is 0 Å². The van der Waals surface area contributed by atoms with Gasteiger partial charge in [-0.1, -0.05) is 6.07 Å². The monoisotopic (exact) mass is 266 g/mol. The van der Waals surface area contributed by atoms with Gasteiger partial charge in [-0.25, -0.2) is 0 Å². The first kappa shape index (κ1) is 14.1. The molecule has 1 heterocycles. The summed E-state index contributed by atoms with van der Waals surface area (Å²) < 4.78 is 16.2. The van der Waals surface area contributed by atoms with Crippen molar-refractivity contribution in [3.05, 3.63) is 23.8 Å². The molecule has 106 valence electrons. The summed E-state index contributed by atoms with van der Waals surface area (Å²) in [6.07, 6.45) is 1.30. The second kappa shape index (κ2) is 6.23. The molecule has 5 nitrogen and oxygen atoms in total. The van der Waals surface area contributed by atoms with E-state index < -0.39 is 0 Å². The Hall–Kier alpha value is -1.30. The van der Waals surface area contributed by atoms with Crippen molar-refractivity contribution in [1.29, 1.82) is 0 Å². The largest absolute Gasteiger partial charge is 0.493 e. The number of rotatable bonds is 5. The van der Waals surface area contributed by atoms with Crippen molar-refractivity contribution in [2.24, 2.45) is 11.8 Å². The summed E-state index contributed by atoms with van der Waals surface area (Å²) in [5.74, 6) is 7.52. The predicted octanol–water partition coefficient (Wildman–Crippen LogP) is 1.63. The SMILES string of the molecule is COc1ccc(C(NN)C2COC(C)C2)cc1OC.